The molecule has 3 aromatic rings. The van der Waals surface area contributed by atoms with Gasteiger partial charge in [0.1, 0.15) is 26.2 Å². The maximum absolute atomic E-state index is 6.11. The van der Waals surface area contributed by atoms with Crippen molar-refractivity contribution in [3.63, 3.8) is 0 Å². The number of halogens is 1. The highest BCUT2D eigenvalue weighted by molar-refractivity contribution is 7.71. The Morgan fingerprint density at radius 2 is 1.92 bits per heavy atom. The second-order valence-electron chi connectivity index (χ2n) is 6.54. The Hall–Kier alpha value is -2.15. The summed E-state index contributed by atoms with van der Waals surface area (Å²) in [7, 11) is 0. The second kappa shape index (κ2) is 7.61. The van der Waals surface area contributed by atoms with Crippen LogP contribution in [0.1, 0.15) is 0 Å². The minimum absolute atomic E-state index is 0.719. The minimum atomic E-state index is 0.719. The van der Waals surface area contributed by atoms with E-state index in [1.165, 1.54) is 10.7 Å². The van der Waals surface area contributed by atoms with Crippen molar-refractivity contribution in [1.29, 1.82) is 0 Å². The molecule has 1 aliphatic heterocycles. The Morgan fingerprint density at radius 1 is 1.08 bits per heavy atom. The monoisotopic (exact) mass is 387 g/mol. The van der Waals surface area contributed by atoms with Gasteiger partial charge in [0.15, 0.2) is 11.4 Å². The number of H-pyrrole nitrogens is 1. The van der Waals surface area contributed by atoms with Gasteiger partial charge in [-0.1, -0.05) is 23.7 Å². The first kappa shape index (κ1) is 17.3. The van der Waals surface area contributed by atoms with Gasteiger partial charge in [0.05, 0.1) is 6.20 Å². The number of hydrogen-bond donors (Lipinski definition) is 1. The first-order valence-electron chi connectivity index (χ1n) is 8.80. The third-order valence-electron chi connectivity index (χ3n) is 4.83. The van der Waals surface area contributed by atoms with E-state index in [2.05, 4.69) is 32.8 Å². The van der Waals surface area contributed by atoms with Crippen molar-refractivity contribution in [2.45, 2.75) is 6.67 Å². The summed E-state index contributed by atoms with van der Waals surface area (Å²) in [6.45, 7) is 5.15. The van der Waals surface area contributed by atoms with E-state index in [1.54, 1.807) is 0 Å². The number of aromatic amines is 1. The maximum Gasteiger partial charge on any atom is 0.274 e. The van der Waals surface area contributed by atoms with Crippen LogP contribution in [0, 0.1) is 4.77 Å². The van der Waals surface area contributed by atoms with Gasteiger partial charge in [-0.25, -0.2) is 4.98 Å². The molecule has 1 aromatic carbocycles. The lowest BCUT2D eigenvalue weighted by Gasteiger charge is -2.28. The molecule has 1 fully saturated rings. The lowest BCUT2D eigenvalue weighted by molar-refractivity contribution is -0.923. The van der Waals surface area contributed by atoms with E-state index in [4.69, 9.17) is 23.8 Å². The van der Waals surface area contributed by atoms with E-state index >= 15 is 0 Å². The van der Waals surface area contributed by atoms with Crippen LogP contribution in [0.2, 0.25) is 5.02 Å². The summed E-state index contributed by atoms with van der Waals surface area (Å²) in [6, 6.07) is 14.0. The van der Waals surface area contributed by atoms with Gasteiger partial charge < -0.3 is 4.90 Å². The quantitative estimate of drug-likeness (QED) is 0.693. The number of quaternary nitrogens is 1. The number of nitrogens with one attached hydrogen (secondary N) is 2. The Bertz CT molecular complexity index is 928. The van der Waals surface area contributed by atoms with E-state index in [0.29, 0.717) is 0 Å². The van der Waals surface area contributed by atoms with E-state index in [1.807, 2.05) is 47.3 Å². The van der Waals surface area contributed by atoms with Crippen molar-refractivity contribution in [2.24, 2.45) is 0 Å². The standard InChI is InChI=1S/C19H20ClN5S/c20-16-4-3-5-17(14-16)25-13-12-24(19(25)26)15-22-8-10-23(11-9-22)18-6-1-2-7-21-18/h1-7,12-14H,8-11,15H2/p+2. The molecule has 0 bridgehead atoms. The highest BCUT2D eigenvalue weighted by Crippen LogP contribution is 2.15. The molecule has 2 aromatic heterocycles. The van der Waals surface area contributed by atoms with Crippen LogP contribution in [0.15, 0.2) is 61.1 Å². The van der Waals surface area contributed by atoms with Crippen molar-refractivity contribution < 1.29 is 9.88 Å². The number of anilines is 1. The van der Waals surface area contributed by atoms with E-state index in [0.717, 1.165) is 48.3 Å². The van der Waals surface area contributed by atoms with Gasteiger partial charge in [0.25, 0.3) is 5.82 Å². The van der Waals surface area contributed by atoms with Crippen LogP contribution in [-0.2, 0) is 6.67 Å². The number of hydrogen-bond acceptors (Lipinski definition) is 2. The second-order valence-corrected chi connectivity index (χ2v) is 7.34. The van der Waals surface area contributed by atoms with Gasteiger partial charge in [-0.2, -0.15) is 0 Å². The van der Waals surface area contributed by atoms with Gasteiger partial charge >= 0.3 is 0 Å². The molecule has 5 nitrogen and oxygen atoms in total. The first-order chi connectivity index (χ1) is 12.7. The van der Waals surface area contributed by atoms with Crippen LogP contribution >= 0.6 is 23.8 Å². The number of imidazole rings is 1. The largest absolute Gasteiger partial charge is 0.311 e. The molecule has 0 amide bonds. The zero-order valence-corrected chi connectivity index (χ0v) is 16.0. The third kappa shape index (κ3) is 3.67. The van der Waals surface area contributed by atoms with Crippen LogP contribution in [-0.4, -0.2) is 35.3 Å². The van der Waals surface area contributed by atoms with Crippen molar-refractivity contribution in [2.75, 3.05) is 31.1 Å². The number of aromatic nitrogens is 3. The summed E-state index contributed by atoms with van der Waals surface area (Å²) < 4.78 is 4.96. The van der Waals surface area contributed by atoms with Gasteiger partial charge in [-0.3, -0.25) is 14.0 Å². The summed E-state index contributed by atoms with van der Waals surface area (Å²) in [4.78, 5) is 7.26. The molecular weight excluding hydrogens is 366 g/mol. The molecule has 2 N–H and O–H groups in total. The van der Waals surface area contributed by atoms with Crippen molar-refractivity contribution >= 4 is 29.6 Å². The average molecular weight is 388 g/mol. The van der Waals surface area contributed by atoms with Crippen LogP contribution in [0.4, 0.5) is 5.82 Å². The zero-order valence-electron chi connectivity index (χ0n) is 14.4. The van der Waals surface area contributed by atoms with Crippen LogP contribution in [0.25, 0.3) is 5.69 Å². The predicted octanol–water partition coefficient (Wildman–Crippen LogP) is 1.84. The SMILES string of the molecule is S=c1n(C[NH+]2CCN(c3cccc[nH+]3)CC2)ccn1-c1cccc(Cl)c1. The highest BCUT2D eigenvalue weighted by Gasteiger charge is 2.26. The van der Waals surface area contributed by atoms with Crippen LogP contribution in [0.3, 0.4) is 0 Å². The topological polar surface area (TPSA) is 31.7 Å². The molecule has 0 spiro atoms. The Kier molecular flexibility index (Phi) is 5.06. The summed E-state index contributed by atoms with van der Waals surface area (Å²) >= 11 is 11.8. The predicted molar refractivity (Wildman–Crippen MR) is 106 cm³/mol. The van der Waals surface area contributed by atoms with E-state index in [9.17, 15) is 0 Å². The molecule has 26 heavy (non-hydrogen) atoms. The fraction of sp³-hybridized carbons (Fsp3) is 0.263. The molecule has 0 unspecified atom stereocenters. The maximum atomic E-state index is 6.11. The number of benzene rings is 1. The lowest BCUT2D eigenvalue weighted by Crippen LogP contribution is -3.14. The number of nitrogens with zero attached hydrogens (tertiary/aromatic N) is 3. The van der Waals surface area contributed by atoms with E-state index in [-0.39, 0.29) is 0 Å². The smallest absolute Gasteiger partial charge is 0.274 e. The third-order valence-corrected chi connectivity index (χ3v) is 5.50. The minimum Gasteiger partial charge on any atom is -0.311 e. The lowest BCUT2D eigenvalue weighted by atomic mass is 10.3. The number of pyridine rings is 1. The highest BCUT2D eigenvalue weighted by atomic mass is 35.5. The molecule has 1 aliphatic rings. The molecular formula is C19H22ClN5S+2. The Morgan fingerprint density at radius 3 is 2.65 bits per heavy atom. The summed E-state index contributed by atoms with van der Waals surface area (Å²) in [5, 5.41) is 0.719. The van der Waals surface area contributed by atoms with Gasteiger partial charge in [-0.15, -0.1) is 0 Å². The Labute approximate surface area is 163 Å². The number of rotatable bonds is 4. The zero-order chi connectivity index (χ0) is 17.9. The Balaban J connectivity index is 1.42. The van der Waals surface area contributed by atoms with Crippen LogP contribution in [0.5, 0.6) is 0 Å². The fourth-order valence-electron chi connectivity index (χ4n) is 3.40. The van der Waals surface area contributed by atoms with E-state index < -0.39 is 0 Å². The molecule has 0 aliphatic carbocycles. The summed E-state index contributed by atoms with van der Waals surface area (Å²) in [5.41, 5.74) is 1.00. The molecule has 4 rings (SSSR count). The fourth-order valence-corrected chi connectivity index (χ4v) is 3.88. The first-order valence-corrected chi connectivity index (χ1v) is 9.58. The summed E-state index contributed by atoms with van der Waals surface area (Å²) in [5.74, 6) is 1.19. The van der Waals surface area contributed by atoms with Crippen molar-refractivity contribution in [3.8, 4) is 5.69 Å². The van der Waals surface area contributed by atoms with Crippen LogP contribution < -0.4 is 14.8 Å². The molecule has 0 atom stereocenters. The average Bonchev–Trinajstić information content (AvgIpc) is 3.03. The van der Waals surface area contributed by atoms with Gasteiger partial charge in [-0.05, 0) is 36.5 Å². The normalized spacial score (nSPS) is 15.3. The molecule has 134 valence electrons. The molecule has 3 heterocycles. The van der Waals surface area contributed by atoms with Gasteiger partial charge in [0.2, 0.25) is 0 Å². The molecule has 7 heteroatoms. The summed E-state index contributed by atoms with van der Waals surface area (Å²) in [6.07, 6.45) is 6.06. The molecule has 1 saturated heterocycles. The van der Waals surface area contributed by atoms with Crippen molar-refractivity contribution in [3.05, 3.63) is 70.8 Å². The molecule has 0 saturated carbocycles. The van der Waals surface area contributed by atoms with Crippen molar-refractivity contribution in [1.82, 2.24) is 9.13 Å². The van der Waals surface area contributed by atoms with Gasteiger partial charge in [0, 0.05) is 29.2 Å². The molecule has 0 radical (unpaired) electrons. The number of piperazine rings is 1.